The molecule has 0 saturated carbocycles. The van der Waals surface area contributed by atoms with E-state index in [0.29, 0.717) is 0 Å². The third kappa shape index (κ3) is 7.81. The fourth-order valence-corrected chi connectivity index (χ4v) is 1.49. The van der Waals surface area contributed by atoms with Crippen LogP contribution in [-0.2, 0) is 29.8 Å². The molecule has 0 saturated heterocycles. The number of aliphatic hydroxyl groups excluding tert-OH is 1. The van der Waals surface area contributed by atoms with Gasteiger partial charge in [0.25, 0.3) is 0 Å². The molecular formula is C13H19Cl2OSiZr-3. The van der Waals surface area contributed by atoms with E-state index in [1.54, 1.807) is 0 Å². The van der Waals surface area contributed by atoms with Crippen molar-refractivity contribution < 1.29 is 28.4 Å². The van der Waals surface area contributed by atoms with Crippen LogP contribution in [0.1, 0.15) is 5.56 Å². The Morgan fingerprint density at radius 3 is 2.17 bits per heavy atom. The molecule has 0 aliphatic rings. The third-order valence-electron chi connectivity index (χ3n) is 2.08. The molecule has 0 heterocycles. The van der Waals surface area contributed by atoms with Crippen LogP contribution in [0.4, 0.5) is 0 Å². The van der Waals surface area contributed by atoms with E-state index >= 15 is 0 Å². The van der Waals surface area contributed by atoms with Crippen LogP contribution in [0.15, 0.2) is 36.4 Å². The van der Waals surface area contributed by atoms with Crippen LogP contribution in [0.25, 0.3) is 10.8 Å². The maximum absolute atomic E-state index is 8.74. The van der Waals surface area contributed by atoms with E-state index in [0.717, 1.165) is 6.42 Å². The van der Waals surface area contributed by atoms with Gasteiger partial charge in [0, 0.05) is 6.61 Å². The van der Waals surface area contributed by atoms with Gasteiger partial charge in [-0.3, -0.25) is 0 Å². The summed E-state index contributed by atoms with van der Waals surface area (Å²) in [6.07, 6.45) is 0.759. The molecule has 18 heavy (non-hydrogen) atoms. The molecule has 0 fully saturated rings. The molecule has 2 aromatic carbocycles. The zero-order valence-corrected chi connectivity index (χ0v) is 15.7. The van der Waals surface area contributed by atoms with Crippen molar-refractivity contribution in [3.8, 4) is 0 Å². The van der Waals surface area contributed by atoms with Gasteiger partial charge in [-0.1, -0.05) is 6.07 Å². The zero-order chi connectivity index (χ0) is 10.4. The van der Waals surface area contributed by atoms with Crippen LogP contribution in [0, 0.1) is 14.9 Å². The molecule has 0 unspecified atom stereocenters. The molecule has 0 amide bonds. The zero-order valence-electron chi connectivity index (χ0n) is 10.6. The fraction of sp³-hybridized carbons (Fsp3) is 0.154. The van der Waals surface area contributed by atoms with Crippen molar-refractivity contribution in [3.05, 3.63) is 56.8 Å². The quantitative estimate of drug-likeness (QED) is 0.624. The minimum absolute atomic E-state index is 0. The van der Waals surface area contributed by atoms with Crippen LogP contribution in [0.3, 0.4) is 0 Å². The van der Waals surface area contributed by atoms with Gasteiger partial charge >= 0.3 is 30.2 Å². The second-order valence-electron chi connectivity index (χ2n) is 2.97. The molecule has 2 aromatic rings. The number of aliphatic hydroxyl groups is 1. The molecular weight excluding hydrogens is 362 g/mol. The Kier molecular flexibility index (Phi) is 23.2. The normalized spacial score (nSPS) is 7.33. The topological polar surface area (TPSA) is 20.2 Å². The third-order valence-corrected chi connectivity index (χ3v) is 2.08. The van der Waals surface area contributed by atoms with E-state index in [4.69, 9.17) is 5.11 Å². The minimum atomic E-state index is 0. The predicted octanol–water partition coefficient (Wildman–Crippen LogP) is 3.45. The van der Waals surface area contributed by atoms with Crippen molar-refractivity contribution in [2.75, 3.05) is 6.61 Å². The first-order valence-corrected chi connectivity index (χ1v) is 8.59. The Bertz CT molecular complexity index is 374. The molecule has 102 valence electrons. The van der Waals surface area contributed by atoms with Crippen molar-refractivity contribution >= 4 is 42.5 Å². The molecule has 0 atom stereocenters. The van der Waals surface area contributed by atoms with Crippen molar-refractivity contribution in [2.24, 2.45) is 0 Å². The van der Waals surface area contributed by atoms with Gasteiger partial charge in [-0.15, -0.1) is 65.4 Å². The van der Waals surface area contributed by atoms with Gasteiger partial charge in [-0.05, 0) is 6.42 Å². The first-order valence-electron chi connectivity index (χ1n) is 4.40. The number of rotatable bonds is 2. The van der Waals surface area contributed by atoms with Gasteiger partial charge in [0.15, 0.2) is 0 Å². The van der Waals surface area contributed by atoms with Crippen LogP contribution < -0.4 is 0 Å². The molecule has 1 nitrogen and oxygen atoms in total. The predicted molar refractivity (Wildman–Crippen MR) is 83.4 cm³/mol. The average Bonchev–Trinajstić information content (AvgIpc) is 2.63. The molecule has 2 rings (SSSR count). The first kappa shape index (κ1) is 26.9. The Morgan fingerprint density at radius 1 is 1.11 bits per heavy atom. The number of hydrogen-bond donors (Lipinski definition) is 1. The van der Waals surface area contributed by atoms with E-state index in [9.17, 15) is 0 Å². The van der Waals surface area contributed by atoms with Gasteiger partial charge in [0.2, 0.25) is 0 Å². The Balaban J connectivity index is -0.000000156. The molecule has 1 N–H and O–H groups in total. The average molecular weight is 382 g/mol. The van der Waals surface area contributed by atoms with Crippen molar-refractivity contribution in [1.82, 2.24) is 0 Å². The molecule has 0 aromatic heterocycles. The van der Waals surface area contributed by atoms with Gasteiger partial charge < -0.3 is 20.0 Å². The summed E-state index contributed by atoms with van der Waals surface area (Å²) in [7, 11) is 0. The van der Waals surface area contributed by atoms with E-state index in [1.807, 2.05) is 12.1 Å². The number of benzene rings is 1. The van der Waals surface area contributed by atoms with Gasteiger partial charge in [-0.2, -0.15) is 6.07 Å². The van der Waals surface area contributed by atoms with Crippen molar-refractivity contribution in [1.29, 1.82) is 0 Å². The summed E-state index contributed by atoms with van der Waals surface area (Å²) >= 11 is 1.36. The van der Waals surface area contributed by atoms with E-state index in [1.165, 1.54) is 39.7 Å². The van der Waals surface area contributed by atoms with Crippen LogP contribution in [0.5, 0.6) is 0 Å². The maximum atomic E-state index is 8.74. The molecule has 2 radical (unpaired) electrons. The first-order chi connectivity index (χ1) is 6.90. The summed E-state index contributed by atoms with van der Waals surface area (Å²) < 4.78 is 0. The van der Waals surface area contributed by atoms with Gasteiger partial charge in [0.1, 0.15) is 0 Å². The molecule has 5 heteroatoms. The summed E-state index contributed by atoms with van der Waals surface area (Å²) in [5.41, 5.74) is 1.22. The van der Waals surface area contributed by atoms with Crippen molar-refractivity contribution in [3.63, 3.8) is 0 Å². The van der Waals surface area contributed by atoms with Gasteiger partial charge in [-0.25, -0.2) is 0 Å². The summed E-state index contributed by atoms with van der Waals surface area (Å²) in [5.74, 6) is 0. The number of fused-ring (bicyclic) bond motifs is 1. The number of hydrogen-bond acceptors (Lipinski definition) is 1. The SMILES string of the molecule is Cl.Cl.OCCc1cc2ccccc2[cH-]1.[CH3-].[CH3-].[Si]=[Zr]. The summed E-state index contributed by atoms with van der Waals surface area (Å²) in [6, 6.07) is 12.5. The Morgan fingerprint density at radius 2 is 1.67 bits per heavy atom. The fourth-order valence-electron chi connectivity index (χ4n) is 1.49. The summed E-state index contributed by atoms with van der Waals surface area (Å²) in [5, 5.41) is 11.3. The Hall–Kier alpha value is 0.470. The monoisotopic (exact) mass is 379 g/mol. The van der Waals surface area contributed by atoms with Gasteiger partial charge in [0.05, 0.1) is 0 Å². The van der Waals surface area contributed by atoms with Crippen LogP contribution in [0.2, 0.25) is 0 Å². The second-order valence-corrected chi connectivity index (χ2v) is 2.97. The second kappa shape index (κ2) is 15.5. The molecule has 0 bridgehead atoms. The van der Waals surface area contributed by atoms with Crippen LogP contribution >= 0.6 is 24.8 Å². The standard InChI is InChI=1S/C11H11O.2CH3.2ClH.Si.Zr/c12-6-5-9-7-10-3-1-2-4-11(10)8-9;;;;;;/h1-4,7-8,12H,5-6H2;2*1H3;2*1H;;/q3*-1;;;;. The Labute approximate surface area is 140 Å². The molecule has 0 spiro atoms. The van der Waals surface area contributed by atoms with E-state index < -0.39 is 0 Å². The summed E-state index contributed by atoms with van der Waals surface area (Å²) in [4.78, 5) is 0. The van der Waals surface area contributed by atoms with E-state index in [2.05, 4.69) is 31.1 Å². The molecule has 0 aliphatic carbocycles. The van der Waals surface area contributed by atoms with Crippen molar-refractivity contribution in [2.45, 2.75) is 6.42 Å². The van der Waals surface area contributed by atoms with E-state index in [-0.39, 0.29) is 46.3 Å². The van der Waals surface area contributed by atoms with Crippen LogP contribution in [-0.4, -0.2) is 18.6 Å². The summed E-state index contributed by atoms with van der Waals surface area (Å²) in [6.45, 7) is 3.29. The number of halogens is 2. The molecule has 0 aliphatic heterocycles.